The summed E-state index contributed by atoms with van der Waals surface area (Å²) in [5, 5.41) is 12.5. The van der Waals surface area contributed by atoms with Gasteiger partial charge >= 0.3 is 6.03 Å². The Bertz CT molecular complexity index is 746. The Hall–Kier alpha value is -2.22. The molecule has 2 N–H and O–H groups in total. The molecule has 1 aliphatic carbocycles. The zero-order valence-electron chi connectivity index (χ0n) is 13.2. The zero-order chi connectivity index (χ0) is 16.6. The number of carbonyl (C=O) groups is 2. The molecule has 1 saturated heterocycles. The van der Waals surface area contributed by atoms with Gasteiger partial charge in [0.2, 0.25) is 0 Å². The molecule has 126 valence electrons. The van der Waals surface area contributed by atoms with E-state index in [1.165, 1.54) is 11.3 Å². The van der Waals surface area contributed by atoms with Crippen molar-refractivity contribution in [2.24, 2.45) is 5.41 Å². The molecule has 2 aromatic rings. The summed E-state index contributed by atoms with van der Waals surface area (Å²) in [6.45, 7) is 1.25. The molecule has 4 rings (SSSR count). The van der Waals surface area contributed by atoms with Crippen molar-refractivity contribution in [3.63, 3.8) is 0 Å². The van der Waals surface area contributed by atoms with Crippen molar-refractivity contribution >= 4 is 28.8 Å². The van der Waals surface area contributed by atoms with Crippen LogP contribution >= 0.6 is 11.3 Å². The number of rotatable bonds is 2. The number of ketones is 1. The van der Waals surface area contributed by atoms with Crippen molar-refractivity contribution in [2.75, 3.05) is 18.4 Å². The fourth-order valence-corrected chi connectivity index (χ4v) is 4.39. The lowest BCUT2D eigenvalue weighted by Crippen LogP contribution is -2.46. The third-order valence-corrected chi connectivity index (χ3v) is 5.98. The van der Waals surface area contributed by atoms with Crippen LogP contribution in [0.25, 0.3) is 10.7 Å². The lowest BCUT2D eigenvalue weighted by molar-refractivity contribution is -0.127. The molecule has 0 radical (unpaired) electrons. The number of urea groups is 1. The molecule has 1 spiro atoms. The Morgan fingerprint density at radius 1 is 1.33 bits per heavy atom. The number of piperidine rings is 1. The van der Waals surface area contributed by atoms with Crippen LogP contribution in [0.5, 0.6) is 0 Å². The molecule has 1 saturated carbocycles. The molecule has 0 bridgehead atoms. The smallest absolute Gasteiger partial charge is 0.321 e. The number of carbonyl (C=O) groups excluding carboxylic acids is 2. The minimum atomic E-state index is -0.154. The van der Waals surface area contributed by atoms with E-state index < -0.39 is 0 Å². The van der Waals surface area contributed by atoms with Crippen molar-refractivity contribution in [1.29, 1.82) is 0 Å². The number of aromatic nitrogens is 3. The van der Waals surface area contributed by atoms with Crippen LogP contribution in [0.1, 0.15) is 32.1 Å². The third kappa shape index (κ3) is 2.60. The molecule has 2 aromatic heterocycles. The van der Waals surface area contributed by atoms with E-state index in [2.05, 4.69) is 20.5 Å². The largest absolute Gasteiger partial charge is 0.324 e. The Morgan fingerprint density at radius 3 is 2.83 bits per heavy atom. The highest BCUT2D eigenvalue weighted by atomic mass is 32.1. The van der Waals surface area contributed by atoms with E-state index in [4.69, 9.17) is 0 Å². The first kappa shape index (κ1) is 15.3. The number of anilines is 1. The Morgan fingerprint density at radius 2 is 2.17 bits per heavy atom. The van der Waals surface area contributed by atoms with Gasteiger partial charge in [-0.3, -0.25) is 9.89 Å². The van der Waals surface area contributed by atoms with Gasteiger partial charge in [0.05, 0.1) is 11.9 Å². The summed E-state index contributed by atoms with van der Waals surface area (Å²) in [5.41, 5.74) is 1.20. The van der Waals surface area contributed by atoms with E-state index in [9.17, 15) is 9.59 Å². The first-order chi connectivity index (χ1) is 11.7. The lowest BCUT2D eigenvalue weighted by atomic mass is 9.76. The highest BCUT2D eigenvalue weighted by Gasteiger charge is 2.44. The van der Waals surface area contributed by atoms with Crippen LogP contribution in [0.15, 0.2) is 17.8 Å². The number of aromatic amines is 1. The Balaban J connectivity index is 1.41. The van der Waals surface area contributed by atoms with Crippen LogP contribution in [0.4, 0.5) is 10.5 Å². The number of thiazole rings is 1. The molecule has 2 aliphatic rings. The molecule has 1 aliphatic heterocycles. The van der Waals surface area contributed by atoms with E-state index in [0.29, 0.717) is 31.0 Å². The fraction of sp³-hybridized carbons (Fsp3) is 0.500. The maximum atomic E-state index is 12.5. The van der Waals surface area contributed by atoms with E-state index in [1.54, 1.807) is 17.3 Å². The van der Waals surface area contributed by atoms with Gasteiger partial charge in [0.15, 0.2) is 0 Å². The summed E-state index contributed by atoms with van der Waals surface area (Å²) in [5.74, 6) is 0.392. The quantitative estimate of drug-likeness (QED) is 0.875. The number of H-pyrrole nitrogens is 1. The van der Waals surface area contributed by atoms with Gasteiger partial charge in [-0.2, -0.15) is 5.10 Å². The van der Waals surface area contributed by atoms with Gasteiger partial charge in [0.1, 0.15) is 16.5 Å². The molecule has 0 aromatic carbocycles. The second-order valence-electron chi connectivity index (χ2n) is 6.47. The summed E-state index contributed by atoms with van der Waals surface area (Å²) in [4.78, 5) is 30.7. The van der Waals surface area contributed by atoms with E-state index in [0.717, 1.165) is 36.4 Å². The van der Waals surface area contributed by atoms with Crippen LogP contribution in [-0.2, 0) is 4.79 Å². The summed E-state index contributed by atoms with van der Waals surface area (Å²) >= 11 is 1.49. The first-order valence-corrected chi connectivity index (χ1v) is 9.08. The predicted octanol–water partition coefficient (Wildman–Crippen LogP) is 2.90. The lowest BCUT2D eigenvalue weighted by Gasteiger charge is -2.38. The van der Waals surface area contributed by atoms with Crippen molar-refractivity contribution in [2.45, 2.75) is 32.1 Å². The van der Waals surface area contributed by atoms with Crippen LogP contribution < -0.4 is 5.32 Å². The first-order valence-electron chi connectivity index (χ1n) is 8.20. The van der Waals surface area contributed by atoms with Crippen molar-refractivity contribution in [3.8, 4) is 10.7 Å². The van der Waals surface area contributed by atoms with Gasteiger partial charge in [0.25, 0.3) is 0 Å². The molecular weight excluding hydrogens is 326 g/mol. The number of nitrogens with one attached hydrogen (secondary N) is 2. The Labute approximate surface area is 143 Å². The van der Waals surface area contributed by atoms with Crippen molar-refractivity contribution in [1.82, 2.24) is 20.1 Å². The maximum Gasteiger partial charge on any atom is 0.321 e. The average molecular weight is 345 g/mol. The minimum absolute atomic E-state index is 0.144. The van der Waals surface area contributed by atoms with E-state index in [1.807, 2.05) is 5.38 Å². The van der Waals surface area contributed by atoms with Gasteiger partial charge in [-0.05, 0) is 25.7 Å². The number of Topliss-reactive ketones (excluding diaryl/α,β-unsaturated/α-hetero) is 1. The predicted molar refractivity (Wildman–Crippen MR) is 90.8 cm³/mol. The number of amides is 2. The average Bonchev–Trinajstić information content (AvgIpc) is 3.31. The second kappa shape index (κ2) is 6.01. The van der Waals surface area contributed by atoms with Crippen LogP contribution in [0.3, 0.4) is 0 Å². The topological polar surface area (TPSA) is 91.0 Å². The van der Waals surface area contributed by atoms with Crippen LogP contribution in [-0.4, -0.2) is 45.0 Å². The van der Waals surface area contributed by atoms with E-state index >= 15 is 0 Å². The summed E-state index contributed by atoms with van der Waals surface area (Å²) < 4.78 is 0. The number of hydrogen-bond donors (Lipinski definition) is 2. The summed E-state index contributed by atoms with van der Waals surface area (Å²) in [6, 6.07) is -0.144. The fourth-order valence-electron chi connectivity index (χ4n) is 3.74. The SMILES string of the molecule is O=C(Nc1cn[nH]c1-c1nccs1)N1CCC2(CCCC2=O)CC1. The number of likely N-dealkylation sites (tertiary alicyclic amines) is 1. The summed E-state index contributed by atoms with van der Waals surface area (Å²) in [7, 11) is 0. The maximum absolute atomic E-state index is 12.5. The van der Waals surface area contributed by atoms with Gasteiger partial charge in [0, 0.05) is 36.5 Å². The molecule has 7 nitrogen and oxygen atoms in total. The second-order valence-corrected chi connectivity index (χ2v) is 7.36. The molecular formula is C16H19N5O2S. The van der Waals surface area contributed by atoms with Crippen molar-refractivity contribution < 1.29 is 9.59 Å². The molecule has 24 heavy (non-hydrogen) atoms. The van der Waals surface area contributed by atoms with Crippen LogP contribution in [0.2, 0.25) is 0 Å². The summed E-state index contributed by atoms with van der Waals surface area (Å²) in [6.07, 6.45) is 7.57. The van der Waals surface area contributed by atoms with Crippen LogP contribution in [0, 0.1) is 5.41 Å². The molecule has 8 heteroatoms. The molecule has 0 unspecified atom stereocenters. The molecule has 3 heterocycles. The number of nitrogens with zero attached hydrogens (tertiary/aromatic N) is 3. The highest BCUT2D eigenvalue weighted by Crippen LogP contribution is 2.43. The normalized spacial score (nSPS) is 19.8. The van der Waals surface area contributed by atoms with Gasteiger partial charge in [-0.25, -0.2) is 9.78 Å². The monoisotopic (exact) mass is 345 g/mol. The van der Waals surface area contributed by atoms with Gasteiger partial charge in [-0.1, -0.05) is 0 Å². The number of hydrogen-bond acceptors (Lipinski definition) is 5. The van der Waals surface area contributed by atoms with Crippen molar-refractivity contribution in [3.05, 3.63) is 17.8 Å². The molecule has 2 amide bonds. The van der Waals surface area contributed by atoms with Gasteiger partial charge < -0.3 is 10.2 Å². The standard InChI is InChI=1S/C16H19N5O2S/c22-12-2-1-3-16(12)4-7-21(8-5-16)15(23)19-11-10-18-20-13(11)14-17-6-9-24-14/h6,9-10H,1-5,7-8H2,(H,18,20)(H,19,23). The zero-order valence-corrected chi connectivity index (χ0v) is 14.1. The molecule has 2 fully saturated rings. The molecule has 0 atom stereocenters. The van der Waals surface area contributed by atoms with E-state index in [-0.39, 0.29) is 11.4 Å². The Kier molecular flexibility index (Phi) is 3.84. The minimum Gasteiger partial charge on any atom is -0.324 e. The third-order valence-electron chi connectivity index (χ3n) is 5.19. The highest BCUT2D eigenvalue weighted by molar-refractivity contribution is 7.13. The van der Waals surface area contributed by atoms with Gasteiger partial charge in [-0.15, -0.1) is 11.3 Å².